The van der Waals surface area contributed by atoms with Crippen LogP contribution in [0.2, 0.25) is 0 Å². The van der Waals surface area contributed by atoms with Crippen molar-refractivity contribution in [1.29, 1.82) is 0 Å². The van der Waals surface area contributed by atoms with E-state index >= 15 is 0 Å². The van der Waals surface area contributed by atoms with E-state index in [1.54, 1.807) is 39.2 Å². The number of pyridine rings is 1. The number of hydrogen-bond acceptors (Lipinski definition) is 4. The summed E-state index contributed by atoms with van der Waals surface area (Å²) in [7, 11) is 0. The molecule has 0 saturated heterocycles. The predicted octanol–water partition coefficient (Wildman–Crippen LogP) is 2.19. The number of nitrogens with two attached hydrogens (primary N) is 1. The zero-order valence-corrected chi connectivity index (χ0v) is 11.1. The second-order valence-electron chi connectivity index (χ2n) is 4.45. The Morgan fingerprint density at radius 2 is 2.12 bits per heavy atom. The number of carbonyl (C=O) groups is 1. The molecule has 0 aliphatic carbocycles. The lowest BCUT2D eigenvalue weighted by molar-refractivity contribution is -0.156. The first kappa shape index (κ1) is 13.1. The molecule has 0 bridgehead atoms. The van der Waals surface area contributed by atoms with E-state index in [2.05, 4.69) is 20.9 Å². The quantitative estimate of drug-likeness (QED) is 0.847. The number of rotatable bonds is 2. The van der Waals surface area contributed by atoms with Crippen molar-refractivity contribution in [3.05, 3.63) is 28.5 Å². The lowest BCUT2D eigenvalue weighted by atomic mass is 10.1. The molecule has 16 heavy (non-hydrogen) atoms. The largest absolute Gasteiger partial charge is 0.459 e. The maximum absolute atomic E-state index is 11.7. The monoisotopic (exact) mass is 286 g/mol. The molecule has 4 nitrogen and oxygen atoms in total. The van der Waals surface area contributed by atoms with Crippen molar-refractivity contribution in [1.82, 2.24) is 4.98 Å². The third-order valence-corrected chi connectivity index (χ3v) is 2.18. The third-order valence-electron chi connectivity index (χ3n) is 1.75. The summed E-state index contributed by atoms with van der Waals surface area (Å²) < 4.78 is 5.97. The molecule has 1 atom stereocenters. The highest BCUT2D eigenvalue weighted by atomic mass is 79.9. The van der Waals surface area contributed by atoms with Gasteiger partial charge in [-0.3, -0.25) is 4.98 Å². The van der Waals surface area contributed by atoms with Gasteiger partial charge in [0.1, 0.15) is 11.6 Å². The molecule has 1 heterocycles. The average molecular weight is 287 g/mol. The van der Waals surface area contributed by atoms with Crippen LogP contribution in [-0.4, -0.2) is 16.6 Å². The molecule has 5 heteroatoms. The van der Waals surface area contributed by atoms with Gasteiger partial charge >= 0.3 is 5.97 Å². The normalized spacial score (nSPS) is 13.3. The molecular formula is C11H15BrN2O2. The smallest absolute Gasteiger partial charge is 0.328 e. The van der Waals surface area contributed by atoms with Crippen molar-refractivity contribution in [2.45, 2.75) is 32.4 Å². The molecule has 2 N–H and O–H groups in total. The Bertz CT molecular complexity index is 388. The molecule has 0 aliphatic rings. The Hall–Kier alpha value is -0.940. The van der Waals surface area contributed by atoms with Crippen LogP contribution in [0.5, 0.6) is 0 Å². The van der Waals surface area contributed by atoms with Crippen LogP contribution in [0.25, 0.3) is 0 Å². The molecule has 0 saturated carbocycles. The molecule has 0 spiro atoms. The van der Waals surface area contributed by atoms with Gasteiger partial charge in [0.05, 0.1) is 0 Å². The van der Waals surface area contributed by atoms with Crippen molar-refractivity contribution in [3.8, 4) is 0 Å². The van der Waals surface area contributed by atoms with Crippen molar-refractivity contribution < 1.29 is 9.53 Å². The van der Waals surface area contributed by atoms with E-state index in [0.29, 0.717) is 5.56 Å². The summed E-state index contributed by atoms with van der Waals surface area (Å²) in [5.74, 6) is -0.451. The highest BCUT2D eigenvalue weighted by Gasteiger charge is 2.23. The van der Waals surface area contributed by atoms with Crippen LogP contribution in [0.15, 0.2) is 22.9 Å². The highest BCUT2D eigenvalue weighted by Crippen LogP contribution is 2.18. The minimum atomic E-state index is -0.802. The molecular weight excluding hydrogens is 272 g/mol. The number of ether oxygens (including phenoxy) is 1. The maximum Gasteiger partial charge on any atom is 0.328 e. The van der Waals surface area contributed by atoms with Crippen LogP contribution in [0.4, 0.5) is 0 Å². The molecule has 88 valence electrons. The molecule has 0 aliphatic heterocycles. The number of hydrogen-bond donors (Lipinski definition) is 1. The zero-order valence-electron chi connectivity index (χ0n) is 9.53. The second kappa shape index (κ2) is 4.93. The number of carbonyl (C=O) groups excluding carboxylic acids is 1. The van der Waals surface area contributed by atoms with Crippen LogP contribution in [0, 0.1) is 0 Å². The standard InChI is InChI=1S/C11H15BrN2O2/c1-11(2,3)16-10(15)9(13)7-4-8(12)6-14-5-7/h4-6,9H,13H2,1-3H3. The fourth-order valence-corrected chi connectivity index (χ4v) is 1.48. The second-order valence-corrected chi connectivity index (χ2v) is 5.36. The SMILES string of the molecule is CC(C)(C)OC(=O)C(N)c1cncc(Br)c1. The summed E-state index contributed by atoms with van der Waals surface area (Å²) >= 11 is 3.27. The molecule has 1 aromatic heterocycles. The fourth-order valence-electron chi connectivity index (χ4n) is 1.10. The Morgan fingerprint density at radius 1 is 1.50 bits per heavy atom. The minimum absolute atomic E-state index is 0.451. The lowest BCUT2D eigenvalue weighted by Gasteiger charge is -2.22. The maximum atomic E-state index is 11.7. The van der Waals surface area contributed by atoms with Crippen LogP contribution in [-0.2, 0) is 9.53 Å². The number of aromatic nitrogens is 1. The van der Waals surface area contributed by atoms with Crippen LogP contribution in [0.3, 0.4) is 0 Å². The zero-order chi connectivity index (χ0) is 12.3. The Kier molecular flexibility index (Phi) is 4.04. The van der Waals surface area contributed by atoms with Crippen LogP contribution >= 0.6 is 15.9 Å². The van der Waals surface area contributed by atoms with E-state index < -0.39 is 17.6 Å². The highest BCUT2D eigenvalue weighted by molar-refractivity contribution is 9.10. The Balaban J connectivity index is 2.78. The van der Waals surface area contributed by atoms with E-state index in [4.69, 9.17) is 10.5 Å². The van der Waals surface area contributed by atoms with Gasteiger partial charge in [0.25, 0.3) is 0 Å². The summed E-state index contributed by atoms with van der Waals surface area (Å²) in [6, 6.07) is 0.950. The van der Waals surface area contributed by atoms with E-state index in [1.165, 1.54) is 0 Å². The van der Waals surface area contributed by atoms with E-state index in [9.17, 15) is 4.79 Å². The number of nitrogens with zero attached hydrogens (tertiary/aromatic N) is 1. The summed E-state index contributed by atoms with van der Waals surface area (Å²) in [5.41, 5.74) is 5.87. The Morgan fingerprint density at radius 3 is 2.62 bits per heavy atom. The van der Waals surface area contributed by atoms with Crippen molar-refractivity contribution in [2.75, 3.05) is 0 Å². The van der Waals surface area contributed by atoms with Gasteiger partial charge < -0.3 is 10.5 Å². The molecule has 0 fully saturated rings. The van der Waals surface area contributed by atoms with Crippen molar-refractivity contribution >= 4 is 21.9 Å². The van der Waals surface area contributed by atoms with Gasteiger partial charge in [0.2, 0.25) is 0 Å². The van der Waals surface area contributed by atoms with Gasteiger partial charge in [0.15, 0.2) is 0 Å². The Labute approximate surface area is 103 Å². The number of halogens is 1. The van der Waals surface area contributed by atoms with E-state index in [1.807, 2.05) is 0 Å². The predicted molar refractivity (Wildman–Crippen MR) is 64.7 cm³/mol. The molecule has 1 aromatic rings. The fraction of sp³-hybridized carbons (Fsp3) is 0.455. The topological polar surface area (TPSA) is 65.2 Å². The van der Waals surface area contributed by atoms with Gasteiger partial charge in [0, 0.05) is 16.9 Å². The molecule has 1 unspecified atom stereocenters. The lowest BCUT2D eigenvalue weighted by Crippen LogP contribution is -2.31. The number of esters is 1. The molecule has 0 amide bonds. The third kappa shape index (κ3) is 3.90. The minimum Gasteiger partial charge on any atom is -0.459 e. The van der Waals surface area contributed by atoms with Crippen LogP contribution in [0.1, 0.15) is 32.4 Å². The van der Waals surface area contributed by atoms with Gasteiger partial charge in [-0.2, -0.15) is 0 Å². The molecule has 1 rings (SSSR count). The van der Waals surface area contributed by atoms with Crippen molar-refractivity contribution in [2.24, 2.45) is 5.73 Å². The van der Waals surface area contributed by atoms with Gasteiger partial charge in [-0.05, 0) is 48.3 Å². The summed E-state index contributed by atoms with van der Waals surface area (Å²) in [6.45, 7) is 5.41. The first-order valence-corrected chi connectivity index (χ1v) is 5.68. The van der Waals surface area contributed by atoms with E-state index in [0.717, 1.165) is 4.47 Å². The summed E-state index contributed by atoms with van der Waals surface area (Å²) in [6.07, 6.45) is 3.19. The van der Waals surface area contributed by atoms with Gasteiger partial charge in [-0.25, -0.2) is 4.79 Å². The molecule has 0 aromatic carbocycles. The average Bonchev–Trinajstić information content (AvgIpc) is 2.14. The summed E-state index contributed by atoms with van der Waals surface area (Å²) in [4.78, 5) is 15.6. The first-order chi connectivity index (χ1) is 7.29. The summed E-state index contributed by atoms with van der Waals surface area (Å²) in [5, 5.41) is 0. The van der Waals surface area contributed by atoms with Gasteiger partial charge in [-0.15, -0.1) is 0 Å². The van der Waals surface area contributed by atoms with Crippen LogP contribution < -0.4 is 5.73 Å². The first-order valence-electron chi connectivity index (χ1n) is 4.88. The van der Waals surface area contributed by atoms with Crippen molar-refractivity contribution in [3.63, 3.8) is 0 Å². The molecule has 0 radical (unpaired) electrons. The van der Waals surface area contributed by atoms with E-state index in [-0.39, 0.29) is 0 Å². The van der Waals surface area contributed by atoms with Gasteiger partial charge in [-0.1, -0.05) is 0 Å².